The van der Waals surface area contributed by atoms with Crippen LogP contribution in [0.25, 0.3) is 0 Å². The van der Waals surface area contributed by atoms with E-state index in [0.717, 1.165) is 33.9 Å². The number of amides is 2. The number of methoxy groups -OCH3 is 1. The van der Waals surface area contributed by atoms with Gasteiger partial charge >= 0.3 is 6.03 Å². The standard InChI is InChI=1S/C22H24N4O2S/c1-15-12-19(29-22-23-10-5-11-24-22)8-9-20(15)26-21(27)25-16(2)13-17-6-4-7-18(14-17)28-3/h4-12,14,16H,13H2,1-3H3,(H2,25,26,27). The molecule has 0 spiro atoms. The van der Waals surface area contributed by atoms with Crippen LogP contribution in [0.1, 0.15) is 18.1 Å². The average molecular weight is 409 g/mol. The van der Waals surface area contributed by atoms with Crippen LogP contribution < -0.4 is 15.4 Å². The first-order chi connectivity index (χ1) is 14.0. The van der Waals surface area contributed by atoms with Crippen LogP contribution in [0.2, 0.25) is 0 Å². The van der Waals surface area contributed by atoms with Gasteiger partial charge in [-0.1, -0.05) is 12.1 Å². The molecule has 3 rings (SSSR count). The van der Waals surface area contributed by atoms with E-state index in [0.29, 0.717) is 5.16 Å². The number of anilines is 1. The lowest BCUT2D eigenvalue weighted by atomic mass is 10.1. The van der Waals surface area contributed by atoms with Gasteiger partial charge in [0.1, 0.15) is 5.75 Å². The third kappa shape index (κ3) is 6.22. The summed E-state index contributed by atoms with van der Waals surface area (Å²) in [5.74, 6) is 0.814. The fourth-order valence-electron chi connectivity index (χ4n) is 2.87. The third-order valence-corrected chi connectivity index (χ3v) is 5.13. The molecule has 0 radical (unpaired) electrons. The van der Waals surface area contributed by atoms with Crippen molar-refractivity contribution in [1.29, 1.82) is 0 Å². The van der Waals surface area contributed by atoms with E-state index in [1.165, 1.54) is 11.8 Å². The highest BCUT2D eigenvalue weighted by Gasteiger charge is 2.11. The molecule has 3 aromatic rings. The molecule has 150 valence electrons. The van der Waals surface area contributed by atoms with Gasteiger partial charge in [0.15, 0.2) is 5.16 Å². The van der Waals surface area contributed by atoms with E-state index in [4.69, 9.17) is 4.74 Å². The molecule has 0 aliphatic carbocycles. The lowest BCUT2D eigenvalue weighted by molar-refractivity contribution is 0.249. The Morgan fingerprint density at radius 2 is 1.93 bits per heavy atom. The summed E-state index contributed by atoms with van der Waals surface area (Å²) in [6.45, 7) is 3.94. The van der Waals surface area contributed by atoms with Gasteiger partial charge in [0.2, 0.25) is 0 Å². The maximum Gasteiger partial charge on any atom is 0.319 e. The van der Waals surface area contributed by atoms with Crippen LogP contribution in [-0.2, 0) is 6.42 Å². The van der Waals surface area contributed by atoms with E-state index in [-0.39, 0.29) is 12.1 Å². The van der Waals surface area contributed by atoms with E-state index in [1.54, 1.807) is 25.6 Å². The molecule has 1 heterocycles. The molecule has 0 aliphatic rings. The Bertz CT molecular complexity index is 966. The van der Waals surface area contributed by atoms with Gasteiger partial charge < -0.3 is 15.4 Å². The first-order valence-corrected chi connectivity index (χ1v) is 10.1. The smallest absolute Gasteiger partial charge is 0.319 e. The Morgan fingerprint density at radius 1 is 1.14 bits per heavy atom. The number of nitrogens with zero attached hydrogens (tertiary/aromatic N) is 2. The number of benzene rings is 2. The zero-order valence-electron chi connectivity index (χ0n) is 16.7. The molecule has 0 aliphatic heterocycles. The SMILES string of the molecule is COc1cccc(CC(C)NC(=O)Nc2ccc(Sc3ncccn3)cc2C)c1. The van der Waals surface area contributed by atoms with Gasteiger partial charge in [-0.25, -0.2) is 14.8 Å². The van der Waals surface area contributed by atoms with Gasteiger partial charge in [0.05, 0.1) is 7.11 Å². The summed E-state index contributed by atoms with van der Waals surface area (Å²) in [6.07, 6.45) is 4.15. The molecule has 1 unspecified atom stereocenters. The highest BCUT2D eigenvalue weighted by atomic mass is 32.2. The van der Waals surface area contributed by atoms with E-state index >= 15 is 0 Å². The number of ether oxygens (including phenoxy) is 1. The van der Waals surface area contributed by atoms with Crippen molar-refractivity contribution in [2.24, 2.45) is 0 Å². The van der Waals surface area contributed by atoms with Crippen LogP contribution in [0, 0.1) is 6.92 Å². The van der Waals surface area contributed by atoms with Crippen molar-refractivity contribution < 1.29 is 9.53 Å². The van der Waals surface area contributed by atoms with Crippen molar-refractivity contribution in [1.82, 2.24) is 15.3 Å². The Balaban J connectivity index is 1.55. The van der Waals surface area contributed by atoms with Gasteiger partial charge in [-0.05, 0) is 79.6 Å². The molecule has 2 N–H and O–H groups in total. The van der Waals surface area contributed by atoms with Crippen molar-refractivity contribution in [3.8, 4) is 5.75 Å². The van der Waals surface area contributed by atoms with Crippen LogP contribution in [0.4, 0.5) is 10.5 Å². The first-order valence-electron chi connectivity index (χ1n) is 9.29. The van der Waals surface area contributed by atoms with Crippen molar-refractivity contribution in [2.75, 3.05) is 12.4 Å². The molecule has 0 saturated heterocycles. The molecular weight excluding hydrogens is 384 g/mol. The summed E-state index contributed by atoms with van der Waals surface area (Å²) in [5, 5.41) is 6.60. The molecule has 0 fully saturated rings. The van der Waals surface area contributed by atoms with Crippen LogP contribution in [0.15, 0.2) is 71.0 Å². The zero-order valence-corrected chi connectivity index (χ0v) is 17.5. The maximum atomic E-state index is 12.4. The minimum Gasteiger partial charge on any atom is -0.497 e. The zero-order chi connectivity index (χ0) is 20.6. The summed E-state index contributed by atoms with van der Waals surface area (Å²) >= 11 is 1.48. The largest absolute Gasteiger partial charge is 0.497 e. The second-order valence-electron chi connectivity index (χ2n) is 6.67. The topological polar surface area (TPSA) is 76.1 Å². The fourth-order valence-corrected chi connectivity index (χ4v) is 3.68. The van der Waals surface area contributed by atoms with Gasteiger partial charge in [-0.2, -0.15) is 0 Å². The van der Waals surface area contributed by atoms with E-state index < -0.39 is 0 Å². The maximum absolute atomic E-state index is 12.4. The molecule has 29 heavy (non-hydrogen) atoms. The number of carbonyl (C=O) groups is 1. The van der Waals surface area contributed by atoms with E-state index in [9.17, 15) is 4.79 Å². The molecular formula is C22H24N4O2S. The summed E-state index contributed by atoms with van der Waals surface area (Å²) < 4.78 is 5.25. The third-order valence-electron chi connectivity index (χ3n) is 4.25. The number of aryl methyl sites for hydroxylation is 1. The van der Waals surface area contributed by atoms with Crippen LogP contribution in [0.5, 0.6) is 5.75 Å². The second-order valence-corrected chi connectivity index (χ2v) is 7.71. The second kappa shape index (κ2) is 9.93. The van der Waals surface area contributed by atoms with Gasteiger partial charge in [-0.3, -0.25) is 0 Å². The van der Waals surface area contributed by atoms with Crippen molar-refractivity contribution >= 4 is 23.5 Å². The minimum atomic E-state index is -0.227. The van der Waals surface area contributed by atoms with Crippen molar-refractivity contribution in [3.05, 3.63) is 72.1 Å². The van der Waals surface area contributed by atoms with Gasteiger partial charge in [0.25, 0.3) is 0 Å². The lowest BCUT2D eigenvalue weighted by Gasteiger charge is -2.16. The monoisotopic (exact) mass is 408 g/mol. The molecule has 0 saturated carbocycles. The van der Waals surface area contributed by atoms with E-state index in [1.807, 2.05) is 56.3 Å². The van der Waals surface area contributed by atoms with Crippen molar-refractivity contribution in [3.63, 3.8) is 0 Å². The molecule has 1 aromatic heterocycles. The predicted octanol–water partition coefficient (Wildman–Crippen LogP) is 4.70. The Labute approximate surface area is 175 Å². The number of hydrogen-bond acceptors (Lipinski definition) is 5. The van der Waals surface area contributed by atoms with Crippen LogP contribution in [0.3, 0.4) is 0 Å². The fraction of sp³-hybridized carbons (Fsp3) is 0.227. The van der Waals surface area contributed by atoms with Crippen LogP contribution in [-0.4, -0.2) is 29.2 Å². The van der Waals surface area contributed by atoms with Crippen molar-refractivity contribution in [2.45, 2.75) is 36.4 Å². The number of aromatic nitrogens is 2. The minimum absolute atomic E-state index is 0.0209. The average Bonchev–Trinajstić information content (AvgIpc) is 2.71. The molecule has 0 bridgehead atoms. The lowest BCUT2D eigenvalue weighted by Crippen LogP contribution is -2.37. The molecule has 7 heteroatoms. The summed E-state index contributed by atoms with van der Waals surface area (Å²) in [4.78, 5) is 21.8. The predicted molar refractivity (Wildman–Crippen MR) is 116 cm³/mol. The number of nitrogens with one attached hydrogen (secondary N) is 2. The quantitative estimate of drug-likeness (QED) is 0.554. The number of carbonyl (C=O) groups excluding carboxylic acids is 1. The molecule has 6 nitrogen and oxygen atoms in total. The summed E-state index contributed by atoms with van der Waals surface area (Å²) in [6, 6.07) is 15.3. The molecule has 2 amide bonds. The summed E-state index contributed by atoms with van der Waals surface area (Å²) in [7, 11) is 1.65. The van der Waals surface area contributed by atoms with Gasteiger partial charge in [-0.15, -0.1) is 0 Å². The summed E-state index contributed by atoms with van der Waals surface area (Å²) in [5.41, 5.74) is 2.86. The molecule has 1 atom stereocenters. The van der Waals surface area contributed by atoms with E-state index in [2.05, 4.69) is 20.6 Å². The Kier molecular flexibility index (Phi) is 7.08. The number of rotatable bonds is 7. The Hall–Kier alpha value is -3.06. The Morgan fingerprint density at radius 3 is 2.66 bits per heavy atom. The number of hydrogen-bond donors (Lipinski definition) is 2. The number of urea groups is 1. The highest BCUT2D eigenvalue weighted by molar-refractivity contribution is 7.99. The highest BCUT2D eigenvalue weighted by Crippen LogP contribution is 2.27. The first kappa shape index (κ1) is 20.7. The molecule has 2 aromatic carbocycles. The van der Waals surface area contributed by atoms with Gasteiger partial charge in [0, 0.05) is 29.0 Å². The van der Waals surface area contributed by atoms with Crippen LogP contribution >= 0.6 is 11.8 Å². The normalized spacial score (nSPS) is 11.6.